The molecular formula is C45H78O9. The van der Waals surface area contributed by atoms with E-state index in [1.807, 2.05) is 0 Å². The number of aliphatic hydroxyl groups is 4. The van der Waals surface area contributed by atoms with Gasteiger partial charge in [0.1, 0.15) is 30.5 Å². The second-order valence-corrected chi connectivity index (χ2v) is 14.4. The number of unbranched alkanes of at least 4 members (excludes halogenated alkanes) is 14. The summed E-state index contributed by atoms with van der Waals surface area (Å²) >= 11 is 0. The first-order valence-corrected chi connectivity index (χ1v) is 21.4. The molecular weight excluding hydrogens is 684 g/mol. The number of ether oxygens (including phenoxy) is 4. The van der Waals surface area contributed by atoms with E-state index in [9.17, 15) is 25.2 Å². The summed E-state index contributed by atoms with van der Waals surface area (Å²) in [5.41, 5.74) is 0. The van der Waals surface area contributed by atoms with E-state index < -0.39 is 43.4 Å². The molecule has 1 fully saturated rings. The molecule has 0 amide bonds. The van der Waals surface area contributed by atoms with Gasteiger partial charge in [-0.15, -0.1) is 0 Å². The molecule has 1 aliphatic rings. The van der Waals surface area contributed by atoms with Crippen LogP contribution in [0.4, 0.5) is 0 Å². The van der Waals surface area contributed by atoms with Crippen LogP contribution in [0.15, 0.2) is 60.8 Å². The van der Waals surface area contributed by atoms with Crippen molar-refractivity contribution in [1.29, 1.82) is 0 Å². The Morgan fingerprint density at radius 2 is 1.13 bits per heavy atom. The zero-order valence-corrected chi connectivity index (χ0v) is 34.0. The van der Waals surface area contributed by atoms with Crippen LogP contribution in [0.3, 0.4) is 0 Å². The molecule has 1 aliphatic heterocycles. The molecule has 0 radical (unpaired) electrons. The maximum Gasteiger partial charge on any atom is 0.306 e. The Balaban J connectivity index is 2.33. The predicted octanol–water partition coefficient (Wildman–Crippen LogP) is 9.13. The summed E-state index contributed by atoms with van der Waals surface area (Å²) in [6.07, 6.45) is 38.2. The molecule has 0 aliphatic carbocycles. The highest BCUT2D eigenvalue weighted by Gasteiger charge is 2.44. The number of hydrogen-bond donors (Lipinski definition) is 4. The van der Waals surface area contributed by atoms with E-state index in [0.29, 0.717) is 13.0 Å². The van der Waals surface area contributed by atoms with Gasteiger partial charge in [-0.2, -0.15) is 0 Å². The molecule has 0 aromatic rings. The minimum Gasteiger partial charge on any atom is -0.457 e. The van der Waals surface area contributed by atoms with Crippen molar-refractivity contribution < 1.29 is 44.2 Å². The third-order valence-electron chi connectivity index (χ3n) is 9.42. The van der Waals surface area contributed by atoms with Crippen LogP contribution in [0, 0.1) is 0 Å². The van der Waals surface area contributed by atoms with Crippen LogP contribution in [0.5, 0.6) is 0 Å². The quantitative estimate of drug-likeness (QED) is 0.0283. The van der Waals surface area contributed by atoms with E-state index in [2.05, 4.69) is 74.6 Å². The molecule has 9 nitrogen and oxygen atoms in total. The second kappa shape index (κ2) is 36.5. The van der Waals surface area contributed by atoms with Crippen LogP contribution in [0.25, 0.3) is 0 Å². The van der Waals surface area contributed by atoms with Crippen molar-refractivity contribution in [3.8, 4) is 0 Å². The van der Waals surface area contributed by atoms with Crippen LogP contribution in [0.2, 0.25) is 0 Å². The normalized spacial score (nSPS) is 21.5. The van der Waals surface area contributed by atoms with Crippen LogP contribution >= 0.6 is 0 Å². The molecule has 0 bridgehead atoms. The summed E-state index contributed by atoms with van der Waals surface area (Å²) in [5.74, 6) is -0.337. The number of esters is 1. The Bertz CT molecular complexity index is 1010. The van der Waals surface area contributed by atoms with E-state index in [1.165, 1.54) is 44.9 Å². The van der Waals surface area contributed by atoms with Gasteiger partial charge in [0.15, 0.2) is 6.29 Å². The Hall–Kier alpha value is -2.11. The summed E-state index contributed by atoms with van der Waals surface area (Å²) < 4.78 is 22.7. The SMILES string of the molecule is CC/C=C\C/C=C\C/C=C\C/C=C\CCCCCOCC(COC1OC(CO)C(O)C(O)C1O)OC(=O)CCCCCCC/C=C\CCCCCCCC. The van der Waals surface area contributed by atoms with Crippen molar-refractivity contribution in [3.63, 3.8) is 0 Å². The molecule has 6 unspecified atom stereocenters. The van der Waals surface area contributed by atoms with Crippen molar-refractivity contribution in [2.75, 3.05) is 26.4 Å². The first-order chi connectivity index (χ1) is 26.4. The Labute approximate surface area is 328 Å². The lowest BCUT2D eigenvalue weighted by atomic mass is 9.99. The average Bonchev–Trinajstić information content (AvgIpc) is 3.17. The van der Waals surface area contributed by atoms with Crippen molar-refractivity contribution in [3.05, 3.63) is 60.8 Å². The fraction of sp³-hybridized carbons (Fsp3) is 0.756. The number of allylic oxidation sites excluding steroid dienone is 10. The fourth-order valence-electron chi connectivity index (χ4n) is 6.06. The molecule has 0 aromatic carbocycles. The molecule has 0 saturated carbocycles. The zero-order valence-electron chi connectivity index (χ0n) is 34.0. The van der Waals surface area contributed by atoms with Gasteiger partial charge in [0.2, 0.25) is 0 Å². The van der Waals surface area contributed by atoms with Crippen molar-refractivity contribution in [1.82, 2.24) is 0 Å². The van der Waals surface area contributed by atoms with Gasteiger partial charge in [-0.3, -0.25) is 4.79 Å². The Morgan fingerprint density at radius 1 is 0.611 bits per heavy atom. The number of hydrogen-bond acceptors (Lipinski definition) is 9. The van der Waals surface area contributed by atoms with Gasteiger partial charge in [-0.05, 0) is 77.0 Å². The molecule has 1 saturated heterocycles. The number of rotatable bonds is 35. The lowest BCUT2D eigenvalue weighted by Gasteiger charge is -2.39. The summed E-state index contributed by atoms with van der Waals surface area (Å²) in [6, 6.07) is 0. The Kier molecular flexibility index (Phi) is 33.8. The number of carbonyl (C=O) groups excluding carboxylic acids is 1. The number of carbonyl (C=O) groups is 1. The number of aliphatic hydroxyl groups excluding tert-OH is 4. The summed E-state index contributed by atoms with van der Waals surface area (Å²) in [6.45, 7) is 4.34. The first kappa shape index (κ1) is 49.9. The monoisotopic (exact) mass is 763 g/mol. The fourth-order valence-corrected chi connectivity index (χ4v) is 6.06. The van der Waals surface area contributed by atoms with Crippen molar-refractivity contribution in [2.24, 2.45) is 0 Å². The van der Waals surface area contributed by atoms with E-state index in [0.717, 1.165) is 89.9 Å². The van der Waals surface area contributed by atoms with Crippen LogP contribution < -0.4 is 0 Å². The van der Waals surface area contributed by atoms with Gasteiger partial charge in [0, 0.05) is 13.0 Å². The third-order valence-corrected chi connectivity index (χ3v) is 9.42. The minimum absolute atomic E-state index is 0.117. The maximum atomic E-state index is 12.7. The average molecular weight is 763 g/mol. The molecule has 0 spiro atoms. The highest BCUT2D eigenvalue weighted by Crippen LogP contribution is 2.22. The summed E-state index contributed by atoms with van der Waals surface area (Å²) in [4.78, 5) is 12.7. The van der Waals surface area contributed by atoms with Crippen molar-refractivity contribution >= 4 is 5.97 Å². The van der Waals surface area contributed by atoms with Gasteiger partial charge in [0.05, 0.1) is 19.8 Å². The van der Waals surface area contributed by atoms with Gasteiger partial charge in [-0.25, -0.2) is 0 Å². The first-order valence-electron chi connectivity index (χ1n) is 21.4. The molecule has 6 atom stereocenters. The van der Waals surface area contributed by atoms with Gasteiger partial charge < -0.3 is 39.4 Å². The smallest absolute Gasteiger partial charge is 0.306 e. The van der Waals surface area contributed by atoms with Gasteiger partial charge in [0.25, 0.3) is 0 Å². The molecule has 1 heterocycles. The largest absolute Gasteiger partial charge is 0.457 e. The highest BCUT2D eigenvalue weighted by molar-refractivity contribution is 5.69. The standard InChI is InChI=1S/C45H78O9/c1-3-5-7-9-11-13-15-17-19-21-23-25-27-29-31-33-35-51-37-39(38-52-45-44(50)43(49)42(48)40(36-46)54-45)53-41(47)34-32-30-28-26-24-22-20-18-16-14-12-10-8-6-4-2/h5,7,11,13,17-20,23,25,39-40,42-46,48-50H,3-4,6,8-10,12,14-16,21-22,24,26-38H2,1-2H3/b7-5-,13-11-,19-17-,20-18-,25-23-. The molecule has 9 heteroatoms. The predicted molar refractivity (Wildman–Crippen MR) is 219 cm³/mol. The van der Waals surface area contributed by atoms with E-state index in [1.54, 1.807) is 0 Å². The van der Waals surface area contributed by atoms with Gasteiger partial charge in [-0.1, -0.05) is 132 Å². The topological polar surface area (TPSA) is 135 Å². The van der Waals surface area contributed by atoms with Crippen LogP contribution in [0.1, 0.15) is 155 Å². The molecule has 312 valence electrons. The lowest BCUT2D eigenvalue weighted by Crippen LogP contribution is -2.59. The molecule has 54 heavy (non-hydrogen) atoms. The van der Waals surface area contributed by atoms with E-state index >= 15 is 0 Å². The summed E-state index contributed by atoms with van der Waals surface area (Å²) in [5, 5.41) is 40.0. The minimum atomic E-state index is -1.55. The van der Waals surface area contributed by atoms with Crippen LogP contribution in [-0.4, -0.2) is 89.6 Å². The maximum absolute atomic E-state index is 12.7. The van der Waals surface area contributed by atoms with E-state index in [4.69, 9.17) is 18.9 Å². The third kappa shape index (κ3) is 27.5. The molecule has 1 rings (SSSR count). The van der Waals surface area contributed by atoms with Gasteiger partial charge >= 0.3 is 5.97 Å². The van der Waals surface area contributed by atoms with E-state index in [-0.39, 0.29) is 19.2 Å². The molecule has 4 N–H and O–H groups in total. The van der Waals surface area contributed by atoms with Crippen LogP contribution in [-0.2, 0) is 23.7 Å². The lowest BCUT2D eigenvalue weighted by molar-refractivity contribution is -0.305. The zero-order chi connectivity index (χ0) is 39.3. The highest BCUT2D eigenvalue weighted by atomic mass is 16.7. The van der Waals surface area contributed by atoms with Crippen molar-refractivity contribution in [2.45, 2.75) is 192 Å². The summed E-state index contributed by atoms with van der Waals surface area (Å²) in [7, 11) is 0. The Morgan fingerprint density at radius 3 is 1.72 bits per heavy atom. The second-order valence-electron chi connectivity index (χ2n) is 14.4. The molecule has 0 aromatic heterocycles.